The Morgan fingerprint density at radius 3 is 3.00 bits per heavy atom. The predicted molar refractivity (Wildman–Crippen MR) is 60.5 cm³/mol. The quantitative estimate of drug-likeness (QED) is 0.628. The first kappa shape index (κ1) is 9.18. The first-order valence-corrected chi connectivity index (χ1v) is 4.77. The molecule has 2 heteroatoms. The highest BCUT2D eigenvalue weighted by molar-refractivity contribution is 6.31. The van der Waals surface area contributed by atoms with E-state index in [-0.39, 0.29) is 0 Å². The molecule has 0 atom stereocenters. The molecule has 0 aliphatic rings. The van der Waals surface area contributed by atoms with Gasteiger partial charge in [-0.3, -0.25) is 0 Å². The summed E-state index contributed by atoms with van der Waals surface area (Å²) < 4.78 is 2.05. The van der Waals surface area contributed by atoms with Crippen molar-refractivity contribution in [1.29, 1.82) is 0 Å². The molecule has 0 fully saturated rings. The fourth-order valence-electron chi connectivity index (χ4n) is 1.69. The monoisotopic (exact) mass is 203 g/mol. The van der Waals surface area contributed by atoms with Crippen molar-refractivity contribution in [2.75, 3.05) is 0 Å². The molecule has 14 heavy (non-hydrogen) atoms. The summed E-state index contributed by atoms with van der Waals surface area (Å²) in [7, 11) is 2.00. The third kappa shape index (κ3) is 1.38. The largest absolute Gasteiger partial charge is 0.350 e. The number of fused-ring (bicyclic) bond motifs is 1. The van der Waals surface area contributed by atoms with Crippen LogP contribution >= 0.6 is 11.6 Å². The van der Waals surface area contributed by atoms with Crippen LogP contribution in [0.5, 0.6) is 0 Å². The normalized spacial score (nSPS) is 10.4. The van der Waals surface area contributed by atoms with E-state index in [1.807, 2.05) is 29.8 Å². The van der Waals surface area contributed by atoms with Gasteiger partial charge >= 0.3 is 0 Å². The number of aryl methyl sites for hydroxylation is 1. The van der Waals surface area contributed by atoms with Crippen molar-refractivity contribution < 1.29 is 0 Å². The van der Waals surface area contributed by atoms with Gasteiger partial charge in [0.2, 0.25) is 0 Å². The molecule has 0 N–H and O–H groups in total. The second-order valence-corrected chi connectivity index (χ2v) is 3.74. The van der Waals surface area contributed by atoms with Gasteiger partial charge < -0.3 is 4.57 Å². The van der Waals surface area contributed by atoms with Crippen molar-refractivity contribution >= 4 is 22.5 Å². The maximum absolute atomic E-state index is 5.92. The van der Waals surface area contributed by atoms with Crippen LogP contribution in [0.4, 0.5) is 0 Å². The van der Waals surface area contributed by atoms with Crippen LogP contribution in [-0.2, 0) is 13.5 Å². The first-order chi connectivity index (χ1) is 6.72. The summed E-state index contributed by atoms with van der Waals surface area (Å²) in [6, 6.07) is 5.87. The molecule has 0 saturated carbocycles. The smallest absolute Gasteiger partial charge is 0.0495 e. The molecule has 1 aromatic carbocycles. The molecule has 1 aromatic heterocycles. The van der Waals surface area contributed by atoms with Gasteiger partial charge in [-0.25, -0.2) is 0 Å². The van der Waals surface area contributed by atoms with E-state index in [2.05, 4.69) is 12.1 Å². The van der Waals surface area contributed by atoms with Gasteiger partial charge in [-0.1, -0.05) is 17.7 Å². The van der Waals surface area contributed by atoms with Crippen LogP contribution in [0.25, 0.3) is 10.9 Å². The summed E-state index contributed by atoms with van der Waals surface area (Å²) >= 11 is 5.92. The molecule has 0 aliphatic heterocycles. The molecule has 1 heterocycles. The average Bonchev–Trinajstić information content (AvgIpc) is 2.44. The molecule has 2 aromatic rings. The van der Waals surface area contributed by atoms with Crippen LogP contribution in [0, 0.1) is 12.3 Å². The van der Waals surface area contributed by atoms with Gasteiger partial charge in [0.25, 0.3) is 0 Å². The van der Waals surface area contributed by atoms with E-state index in [1.165, 1.54) is 10.9 Å². The highest BCUT2D eigenvalue weighted by Crippen LogP contribution is 2.24. The molecule has 1 nitrogen and oxygen atoms in total. The lowest BCUT2D eigenvalue weighted by Crippen LogP contribution is -1.82. The molecule has 0 bridgehead atoms. The van der Waals surface area contributed by atoms with E-state index in [0.717, 1.165) is 10.5 Å². The Morgan fingerprint density at radius 1 is 1.50 bits per heavy atom. The lowest BCUT2D eigenvalue weighted by Gasteiger charge is -1.96. The van der Waals surface area contributed by atoms with E-state index in [1.54, 1.807) is 0 Å². The number of hydrogen-bond donors (Lipinski definition) is 0. The van der Waals surface area contributed by atoms with Gasteiger partial charge in [0.15, 0.2) is 0 Å². The Morgan fingerprint density at radius 2 is 2.29 bits per heavy atom. The summed E-state index contributed by atoms with van der Waals surface area (Å²) in [4.78, 5) is 0. The van der Waals surface area contributed by atoms with Crippen molar-refractivity contribution in [3.8, 4) is 12.3 Å². The number of terminal acetylenes is 1. The summed E-state index contributed by atoms with van der Waals surface area (Å²) in [5.41, 5.74) is 2.31. The fraction of sp³-hybridized carbons (Fsp3) is 0.167. The minimum absolute atomic E-state index is 0.666. The summed E-state index contributed by atoms with van der Waals surface area (Å²) in [5, 5.41) is 1.95. The van der Waals surface area contributed by atoms with Crippen LogP contribution in [0.3, 0.4) is 0 Å². The van der Waals surface area contributed by atoms with E-state index in [9.17, 15) is 0 Å². The van der Waals surface area contributed by atoms with Crippen molar-refractivity contribution in [1.82, 2.24) is 4.57 Å². The van der Waals surface area contributed by atoms with Crippen molar-refractivity contribution in [3.63, 3.8) is 0 Å². The van der Waals surface area contributed by atoms with Gasteiger partial charge in [-0.15, -0.1) is 12.3 Å². The number of benzene rings is 1. The number of hydrogen-bond acceptors (Lipinski definition) is 0. The molecular weight excluding hydrogens is 194 g/mol. The molecule has 0 radical (unpaired) electrons. The highest BCUT2D eigenvalue weighted by atomic mass is 35.5. The summed E-state index contributed by atoms with van der Waals surface area (Å²) in [5.74, 6) is 2.66. The minimum Gasteiger partial charge on any atom is -0.350 e. The predicted octanol–water partition coefficient (Wildman–Crippen LogP) is 3.01. The SMILES string of the molecule is C#CCc1cn(C)c2cc(Cl)ccc12. The van der Waals surface area contributed by atoms with Crippen LogP contribution in [-0.4, -0.2) is 4.57 Å². The summed E-state index contributed by atoms with van der Waals surface area (Å²) in [6.45, 7) is 0. The molecule has 0 aliphatic carbocycles. The second kappa shape index (κ2) is 3.40. The van der Waals surface area contributed by atoms with Crippen LogP contribution < -0.4 is 0 Å². The zero-order valence-corrected chi connectivity index (χ0v) is 8.67. The van der Waals surface area contributed by atoms with Gasteiger partial charge in [0.1, 0.15) is 0 Å². The summed E-state index contributed by atoms with van der Waals surface area (Å²) in [6.07, 6.45) is 8.03. The first-order valence-electron chi connectivity index (χ1n) is 4.39. The molecule has 0 spiro atoms. The van der Waals surface area contributed by atoms with E-state index in [0.29, 0.717) is 6.42 Å². The third-order valence-corrected chi connectivity index (χ3v) is 2.56. The minimum atomic E-state index is 0.666. The standard InChI is InChI=1S/C12H10ClN/c1-3-4-9-8-14(2)12-7-10(13)5-6-11(9)12/h1,5-8H,4H2,2H3. The van der Waals surface area contributed by atoms with Gasteiger partial charge in [0.05, 0.1) is 0 Å². The Bertz CT molecular complexity index is 517. The van der Waals surface area contributed by atoms with Crippen LogP contribution in [0.1, 0.15) is 5.56 Å². The third-order valence-electron chi connectivity index (χ3n) is 2.33. The van der Waals surface area contributed by atoms with Crippen LogP contribution in [0.15, 0.2) is 24.4 Å². The zero-order valence-electron chi connectivity index (χ0n) is 7.92. The van der Waals surface area contributed by atoms with Crippen molar-refractivity contribution in [2.45, 2.75) is 6.42 Å². The number of rotatable bonds is 1. The highest BCUT2D eigenvalue weighted by Gasteiger charge is 2.05. The van der Waals surface area contributed by atoms with E-state index < -0.39 is 0 Å². The molecular formula is C12H10ClN. The van der Waals surface area contributed by atoms with E-state index in [4.69, 9.17) is 18.0 Å². The zero-order chi connectivity index (χ0) is 10.1. The lowest BCUT2D eigenvalue weighted by atomic mass is 10.1. The van der Waals surface area contributed by atoms with Gasteiger partial charge in [-0.2, -0.15) is 0 Å². The maximum atomic E-state index is 5.92. The molecule has 0 unspecified atom stereocenters. The number of nitrogens with zero attached hydrogens (tertiary/aromatic N) is 1. The second-order valence-electron chi connectivity index (χ2n) is 3.31. The lowest BCUT2D eigenvalue weighted by molar-refractivity contribution is 0.961. The topological polar surface area (TPSA) is 4.93 Å². The maximum Gasteiger partial charge on any atom is 0.0495 e. The Kier molecular flexibility index (Phi) is 2.23. The van der Waals surface area contributed by atoms with Crippen molar-refractivity contribution in [2.24, 2.45) is 7.05 Å². The fourth-order valence-corrected chi connectivity index (χ4v) is 1.86. The molecule has 70 valence electrons. The van der Waals surface area contributed by atoms with Gasteiger partial charge in [0, 0.05) is 35.6 Å². The number of aromatic nitrogens is 1. The Hall–Kier alpha value is -1.39. The van der Waals surface area contributed by atoms with E-state index >= 15 is 0 Å². The number of halogens is 1. The Balaban J connectivity index is 2.72. The van der Waals surface area contributed by atoms with Crippen molar-refractivity contribution in [3.05, 3.63) is 35.0 Å². The van der Waals surface area contributed by atoms with Crippen LogP contribution in [0.2, 0.25) is 5.02 Å². The Labute approximate surface area is 88.3 Å². The molecule has 0 saturated heterocycles. The average molecular weight is 204 g/mol. The molecule has 0 amide bonds. The van der Waals surface area contributed by atoms with Gasteiger partial charge in [-0.05, 0) is 17.7 Å². The molecule has 2 rings (SSSR count).